The number of nitrogens with zero attached hydrogens (tertiary/aromatic N) is 3. The Kier molecular flexibility index (Phi) is 5.58. The van der Waals surface area contributed by atoms with Crippen LogP contribution in [0.25, 0.3) is 0 Å². The molecule has 2 rings (SSSR count). The van der Waals surface area contributed by atoms with Gasteiger partial charge in [-0.1, -0.05) is 13.8 Å². The van der Waals surface area contributed by atoms with Crippen LogP contribution < -0.4 is 11.0 Å². The lowest BCUT2D eigenvalue weighted by atomic mass is 10.1. The lowest BCUT2D eigenvalue weighted by Crippen LogP contribution is -2.17. The summed E-state index contributed by atoms with van der Waals surface area (Å²) in [5.74, 6) is 0. The summed E-state index contributed by atoms with van der Waals surface area (Å²) in [5, 5.41) is 10.5. The van der Waals surface area contributed by atoms with Gasteiger partial charge in [-0.3, -0.25) is 9.55 Å². The van der Waals surface area contributed by atoms with E-state index in [9.17, 15) is 4.79 Å². The first-order valence-electron chi connectivity index (χ1n) is 7.15. The Morgan fingerprint density at radius 3 is 2.81 bits per heavy atom. The standard InChI is InChI=1S/C14H21N5OS/c1-4-8-19-13(20)17-18-14(19)21-10-6-7-12(16-9-10)11(5-2)15-3/h6-7,9,11,15H,4-5,8H2,1-3H3,(H,17,20). The monoisotopic (exact) mass is 307 g/mol. The minimum Gasteiger partial charge on any atom is -0.312 e. The molecule has 2 aromatic heterocycles. The number of rotatable bonds is 7. The maximum absolute atomic E-state index is 11.6. The summed E-state index contributed by atoms with van der Waals surface area (Å²) in [6.45, 7) is 4.83. The number of hydrogen-bond donors (Lipinski definition) is 2. The zero-order valence-electron chi connectivity index (χ0n) is 12.6. The predicted molar refractivity (Wildman–Crippen MR) is 83.6 cm³/mol. The molecule has 2 aromatic rings. The number of aromatic nitrogens is 4. The van der Waals surface area contributed by atoms with Crippen LogP contribution in [0.15, 0.2) is 33.2 Å². The van der Waals surface area contributed by atoms with Crippen LogP contribution in [0.3, 0.4) is 0 Å². The quantitative estimate of drug-likeness (QED) is 0.820. The van der Waals surface area contributed by atoms with Crippen LogP contribution in [0.1, 0.15) is 38.4 Å². The van der Waals surface area contributed by atoms with Gasteiger partial charge in [0.25, 0.3) is 0 Å². The lowest BCUT2D eigenvalue weighted by Gasteiger charge is -2.13. The molecule has 0 fully saturated rings. The van der Waals surface area contributed by atoms with E-state index in [1.807, 2.05) is 32.3 Å². The second-order valence-corrected chi connectivity index (χ2v) is 5.77. The number of hydrogen-bond acceptors (Lipinski definition) is 5. The minimum atomic E-state index is -0.162. The summed E-state index contributed by atoms with van der Waals surface area (Å²) in [6.07, 6.45) is 3.71. The molecule has 0 bridgehead atoms. The van der Waals surface area contributed by atoms with Crippen molar-refractivity contribution in [1.82, 2.24) is 25.1 Å². The molecule has 0 aliphatic heterocycles. The van der Waals surface area contributed by atoms with Gasteiger partial charge in [-0.15, -0.1) is 5.10 Å². The Hall–Kier alpha value is -1.60. The molecule has 0 saturated carbocycles. The summed E-state index contributed by atoms with van der Waals surface area (Å²) in [4.78, 5) is 17.1. The zero-order chi connectivity index (χ0) is 15.2. The van der Waals surface area contributed by atoms with E-state index in [1.165, 1.54) is 11.8 Å². The summed E-state index contributed by atoms with van der Waals surface area (Å²) >= 11 is 1.45. The second kappa shape index (κ2) is 7.42. The van der Waals surface area contributed by atoms with Gasteiger partial charge in [0.1, 0.15) is 0 Å². The van der Waals surface area contributed by atoms with Crippen molar-refractivity contribution in [2.45, 2.75) is 49.3 Å². The SMILES string of the molecule is CCCn1c(Sc2ccc(C(CC)NC)nc2)n[nH]c1=O. The maximum Gasteiger partial charge on any atom is 0.343 e. The van der Waals surface area contributed by atoms with Crippen molar-refractivity contribution in [3.05, 3.63) is 34.5 Å². The van der Waals surface area contributed by atoms with E-state index < -0.39 is 0 Å². The molecule has 114 valence electrons. The van der Waals surface area contributed by atoms with Crippen molar-refractivity contribution in [3.63, 3.8) is 0 Å². The van der Waals surface area contributed by atoms with Crippen molar-refractivity contribution in [2.75, 3.05) is 7.05 Å². The van der Waals surface area contributed by atoms with Gasteiger partial charge in [0.15, 0.2) is 5.16 Å². The van der Waals surface area contributed by atoms with Crippen molar-refractivity contribution in [2.24, 2.45) is 0 Å². The number of aromatic amines is 1. The molecular weight excluding hydrogens is 286 g/mol. The Balaban J connectivity index is 2.15. The zero-order valence-corrected chi connectivity index (χ0v) is 13.4. The molecule has 7 heteroatoms. The van der Waals surface area contributed by atoms with Crippen LogP contribution >= 0.6 is 11.8 Å². The third-order valence-corrected chi connectivity index (χ3v) is 4.22. The van der Waals surface area contributed by atoms with Gasteiger partial charge in [-0.05, 0) is 43.8 Å². The molecule has 2 heterocycles. The third-order valence-electron chi connectivity index (χ3n) is 3.25. The molecule has 0 saturated heterocycles. The highest BCUT2D eigenvalue weighted by Crippen LogP contribution is 2.25. The van der Waals surface area contributed by atoms with Crippen LogP contribution in [0.5, 0.6) is 0 Å². The van der Waals surface area contributed by atoms with Gasteiger partial charge in [0.05, 0.1) is 5.69 Å². The van der Waals surface area contributed by atoms with Gasteiger partial charge in [0, 0.05) is 23.7 Å². The van der Waals surface area contributed by atoms with E-state index in [2.05, 4.69) is 27.4 Å². The molecule has 0 radical (unpaired) electrons. The Labute approximate surface area is 128 Å². The molecule has 1 atom stereocenters. The molecule has 2 N–H and O–H groups in total. The molecule has 0 amide bonds. The molecule has 0 aliphatic carbocycles. The largest absolute Gasteiger partial charge is 0.343 e. The van der Waals surface area contributed by atoms with Crippen molar-refractivity contribution < 1.29 is 0 Å². The molecule has 1 unspecified atom stereocenters. The van der Waals surface area contributed by atoms with E-state index >= 15 is 0 Å². The summed E-state index contributed by atoms with van der Waals surface area (Å²) in [5.41, 5.74) is 0.863. The lowest BCUT2D eigenvalue weighted by molar-refractivity contribution is 0.561. The van der Waals surface area contributed by atoms with Crippen LogP contribution in [0, 0.1) is 0 Å². The van der Waals surface area contributed by atoms with Gasteiger partial charge < -0.3 is 5.32 Å². The summed E-state index contributed by atoms with van der Waals surface area (Å²) < 4.78 is 1.65. The van der Waals surface area contributed by atoms with Crippen LogP contribution in [-0.4, -0.2) is 26.8 Å². The van der Waals surface area contributed by atoms with Crippen LogP contribution in [-0.2, 0) is 6.54 Å². The third kappa shape index (κ3) is 3.74. The van der Waals surface area contributed by atoms with E-state index in [4.69, 9.17) is 0 Å². The van der Waals surface area contributed by atoms with Crippen molar-refractivity contribution >= 4 is 11.8 Å². The normalized spacial score (nSPS) is 12.5. The molecule has 21 heavy (non-hydrogen) atoms. The Morgan fingerprint density at radius 1 is 1.43 bits per heavy atom. The first-order chi connectivity index (χ1) is 10.2. The highest BCUT2D eigenvalue weighted by Gasteiger charge is 2.11. The number of pyridine rings is 1. The Bertz CT molecular complexity index is 615. The van der Waals surface area contributed by atoms with Gasteiger partial charge >= 0.3 is 5.69 Å². The average molecular weight is 307 g/mol. The van der Waals surface area contributed by atoms with E-state index in [-0.39, 0.29) is 11.7 Å². The highest BCUT2D eigenvalue weighted by molar-refractivity contribution is 7.99. The van der Waals surface area contributed by atoms with E-state index in [0.29, 0.717) is 11.7 Å². The molecule has 0 spiro atoms. The molecule has 0 aromatic carbocycles. The average Bonchev–Trinajstić information content (AvgIpc) is 2.84. The fraction of sp³-hybridized carbons (Fsp3) is 0.500. The topological polar surface area (TPSA) is 75.6 Å². The van der Waals surface area contributed by atoms with Gasteiger partial charge in [-0.2, -0.15) is 0 Å². The van der Waals surface area contributed by atoms with Crippen molar-refractivity contribution in [3.8, 4) is 0 Å². The minimum absolute atomic E-state index is 0.162. The maximum atomic E-state index is 11.6. The van der Waals surface area contributed by atoms with Crippen LogP contribution in [0.4, 0.5) is 0 Å². The first-order valence-corrected chi connectivity index (χ1v) is 7.97. The Morgan fingerprint density at radius 2 is 2.24 bits per heavy atom. The number of H-pyrrole nitrogens is 1. The summed E-state index contributed by atoms with van der Waals surface area (Å²) in [6, 6.07) is 4.30. The van der Waals surface area contributed by atoms with Gasteiger partial charge in [-0.25, -0.2) is 9.89 Å². The first kappa shape index (κ1) is 15.8. The molecular formula is C14H21N5OS. The van der Waals surface area contributed by atoms with Crippen LogP contribution in [0.2, 0.25) is 0 Å². The fourth-order valence-electron chi connectivity index (χ4n) is 2.13. The second-order valence-electron chi connectivity index (χ2n) is 4.73. The molecule has 6 nitrogen and oxygen atoms in total. The predicted octanol–water partition coefficient (Wildman–Crippen LogP) is 2.20. The highest BCUT2D eigenvalue weighted by atomic mass is 32.2. The number of nitrogens with one attached hydrogen (secondary N) is 2. The smallest absolute Gasteiger partial charge is 0.312 e. The van der Waals surface area contributed by atoms with Crippen molar-refractivity contribution in [1.29, 1.82) is 0 Å². The van der Waals surface area contributed by atoms with E-state index in [0.717, 1.165) is 23.4 Å². The molecule has 0 aliphatic rings. The van der Waals surface area contributed by atoms with Gasteiger partial charge in [0.2, 0.25) is 0 Å². The summed E-state index contributed by atoms with van der Waals surface area (Å²) in [7, 11) is 1.94. The fourth-order valence-corrected chi connectivity index (χ4v) is 2.95. The van der Waals surface area contributed by atoms with E-state index in [1.54, 1.807) is 4.57 Å².